The average molecular weight is 375 g/mol. The second-order valence-corrected chi connectivity index (χ2v) is 6.38. The molecule has 5 heteroatoms. The summed E-state index contributed by atoms with van der Waals surface area (Å²) in [5.74, 6) is -0.133. The van der Waals surface area contributed by atoms with Crippen molar-refractivity contribution in [3.63, 3.8) is 0 Å². The van der Waals surface area contributed by atoms with Crippen LogP contribution in [0.3, 0.4) is 0 Å². The second-order valence-electron chi connectivity index (χ2n) is 4.77. The van der Waals surface area contributed by atoms with Gasteiger partial charge in [0.25, 0.3) is 0 Å². The van der Waals surface area contributed by atoms with Crippen LogP contribution in [0, 0.1) is 5.82 Å². The topological polar surface area (TPSA) is 12.0 Å². The number of nitrogens with one attached hydrogen (secondary N) is 1. The Morgan fingerprint density at radius 2 is 1.95 bits per heavy atom. The maximum absolute atomic E-state index is 13.7. The summed E-state index contributed by atoms with van der Waals surface area (Å²) in [6, 6.07) is 8.98. The van der Waals surface area contributed by atoms with Crippen LogP contribution in [0.25, 0.3) is 0 Å². The molecule has 0 aromatic heterocycles. The van der Waals surface area contributed by atoms with Crippen LogP contribution in [-0.4, -0.2) is 0 Å². The van der Waals surface area contributed by atoms with Crippen molar-refractivity contribution in [2.45, 2.75) is 18.9 Å². The monoisotopic (exact) mass is 373 g/mol. The van der Waals surface area contributed by atoms with Gasteiger partial charge in [-0.25, -0.2) is 4.39 Å². The SMILES string of the molecule is Fc1cccc2c1CCC2Nc1ccc(Br)c(Cl)c1Cl. The van der Waals surface area contributed by atoms with Gasteiger partial charge in [0.05, 0.1) is 21.8 Å². The van der Waals surface area contributed by atoms with Crippen molar-refractivity contribution in [2.24, 2.45) is 0 Å². The summed E-state index contributed by atoms with van der Waals surface area (Å²) < 4.78 is 14.5. The number of benzene rings is 2. The van der Waals surface area contributed by atoms with Crippen molar-refractivity contribution in [3.05, 3.63) is 61.8 Å². The fraction of sp³-hybridized carbons (Fsp3) is 0.200. The van der Waals surface area contributed by atoms with Gasteiger partial charge in [0.1, 0.15) is 5.82 Å². The van der Waals surface area contributed by atoms with Crippen LogP contribution in [0.15, 0.2) is 34.8 Å². The lowest BCUT2D eigenvalue weighted by atomic mass is 10.1. The third-order valence-corrected chi connectivity index (χ3v) is 5.35. The van der Waals surface area contributed by atoms with Gasteiger partial charge in [-0.05, 0) is 58.1 Å². The van der Waals surface area contributed by atoms with E-state index >= 15 is 0 Å². The van der Waals surface area contributed by atoms with Gasteiger partial charge < -0.3 is 5.32 Å². The molecule has 1 unspecified atom stereocenters. The van der Waals surface area contributed by atoms with Gasteiger partial charge in [-0.2, -0.15) is 0 Å². The molecule has 3 rings (SSSR count). The number of rotatable bonds is 2. The fourth-order valence-electron chi connectivity index (χ4n) is 2.58. The van der Waals surface area contributed by atoms with Crippen LogP contribution >= 0.6 is 39.1 Å². The molecule has 2 aromatic rings. The van der Waals surface area contributed by atoms with E-state index in [4.69, 9.17) is 23.2 Å². The molecule has 1 aliphatic carbocycles. The minimum Gasteiger partial charge on any atom is -0.377 e. The molecule has 1 atom stereocenters. The van der Waals surface area contributed by atoms with Gasteiger partial charge in [-0.1, -0.05) is 35.3 Å². The molecular weight excluding hydrogens is 364 g/mol. The number of fused-ring (bicyclic) bond motifs is 1. The first-order valence-electron chi connectivity index (χ1n) is 6.25. The molecule has 0 spiro atoms. The Kier molecular flexibility index (Phi) is 3.93. The minimum atomic E-state index is -0.133. The molecule has 2 aromatic carbocycles. The first kappa shape index (κ1) is 14.2. The summed E-state index contributed by atoms with van der Waals surface area (Å²) in [4.78, 5) is 0. The van der Waals surface area contributed by atoms with Crippen molar-refractivity contribution in [3.8, 4) is 0 Å². The van der Waals surface area contributed by atoms with Crippen molar-refractivity contribution in [1.82, 2.24) is 0 Å². The summed E-state index contributed by atoms with van der Waals surface area (Å²) in [6.07, 6.45) is 1.59. The Balaban J connectivity index is 1.92. The lowest BCUT2D eigenvalue weighted by Crippen LogP contribution is -2.07. The van der Waals surface area contributed by atoms with Crippen molar-refractivity contribution >= 4 is 44.8 Å². The highest BCUT2D eigenvalue weighted by Gasteiger charge is 2.25. The molecular formula is C15H11BrCl2FN. The Morgan fingerprint density at radius 3 is 2.75 bits per heavy atom. The Labute approximate surface area is 135 Å². The van der Waals surface area contributed by atoms with Crippen LogP contribution in [0.2, 0.25) is 10.0 Å². The second kappa shape index (κ2) is 5.55. The summed E-state index contributed by atoms with van der Waals surface area (Å²) in [5, 5.41) is 4.32. The lowest BCUT2D eigenvalue weighted by Gasteiger charge is -2.17. The van der Waals surface area contributed by atoms with Gasteiger partial charge in [0.15, 0.2) is 0 Å². The maximum Gasteiger partial charge on any atom is 0.126 e. The Bertz CT molecular complexity index is 675. The molecule has 0 saturated heterocycles. The number of hydrogen-bond donors (Lipinski definition) is 1. The van der Waals surface area contributed by atoms with E-state index in [2.05, 4.69) is 21.2 Å². The molecule has 1 N–H and O–H groups in total. The highest BCUT2D eigenvalue weighted by Crippen LogP contribution is 2.40. The third-order valence-electron chi connectivity index (χ3n) is 3.58. The first-order chi connectivity index (χ1) is 9.58. The van der Waals surface area contributed by atoms with E-state index in [0.717, 1.165) is 34.1 Å². The fourth-order valence-corrected chi connectivity index (χ4v) is 3.41. The van der Waals surface area contributed by atoms with Crippen LogP contribution in [0.4, 0.5) is 10.1 Å². The van der Waals surface area contributed by atoms with Crippen LogP contribution in [0.1, 0.15) is 23.6 Å². The van der Waals surface area contributed by atoms with E-state index < -0.39 is 0 Å². The molecule has 0 heterocycles. The number of halogens is 4. The zero-order valence-corrected chi connectivity index (χ0v) is 13.5. The van der Waals surface area contributed by atoms with E-state index in [9.17, 15) is 4.39 Å². The zero-order chi connectivity index (χ0) is 14.3. The normalized spacial score (nSPS) is 17.1. The standard InChI is InChI=1S/C15H11BrCl2FN/c16-10-5-7-13(15(18)14(10)17)20-12-6-4-8-9(12)2-1-3-11(8)19/h1-3,5,7,12,20H,4,6H2. The van der Waals surface area contributed by atoms with Crippen LogP contribution < -0.4 is 5.32 Å². The quantitative estimate of drug-likeness (QED) is 0.636. The summed E-state index contributed by atoms with van der Waals surface area (Å²) in [7, 11) is 0. The van der Waals surface area contributed by atoms with Gasteiger partial charge >= 0.3 is 0 Å². The Morgan fingerprint density at radius 1 is 1.15 bits per heavy atom. The molecule has 1 aliphatic rings. The van der Waals surface area contributed by atoms with Gasteiger partial charge in [-0.3, -0.25) is 0 Å². The highest BCUT2D eigenvalue weighted by molar-refractivity contribution is 9.10. The smallest absolute Gasteiger partial charge is 0.126 e. The van der Waals surface area contributed by atoms with Gasteiger partial charge in [0.2, 0.25) is 0 Å². The summed E-state index contributed by atoms with van der Waals surface area (Å²) >= 11 is 15.7. The van der Waals surface area contributed by atoms with E-state index in [1.165, 1.54) is 6.07 Å². The molecule has 20 heavy (non-hydrogen) atoms. The number of anilines is 1. The lowest BCUT2D eigenvalue weighted by molar-refractivity contribution is 0.612. The zero-order valence-electron chi connectivity index (χ0n) is 10.4. The predicted molar refractivity (Wildman–Crippen MR) is 85.2 cm³/mol. The summed E-state index contributed by atoms with van der Waals surface area (Å²) in [5.41, 5.74) is 2.56. The molecule has 0 amide bonds. The van der Waals surface area contributed by atoms with Crippen LogP contribution in [-0.2, 0) is 6.42 Å². The number of hydrogen-bond acceptors (Lipinski definition) is 1. The molecule has 1 nitrogen and oxygen atoms in total. The highest BCUT2D eigenvalue weighted by atomic mass is 79.9. The van der Waals surface area contributed by atoms with Crippen molar-refractivity contribution in [1.29, 1.82) is 0 Å². The molecule has 0 saturated carbocycles. The van der Waals surface area contributed by atoms with Crippen molar-refractivity contribution < 1.29 is 4.39 Å². The van der Waals surface area contributed by atoms with E-state index in [1.807, 2.05) is 18.2 Å². The first-order valence-corrected chi connectivity index (χ1v) is 7.80. The summed E-state index contributed by atoms with van der Waals surface area (Å²) in [6.45, 7) is 0. The molecule has 0 aliphatic heterocycles. The molecule has 0 radical (unpaired) electrons. The van der Waals surface area contributed by atoms with E-state index in [0.29, 0.717) is 10.0 Å². The van der Waals surface area contributed by atoms with Gasteiger partial charge in [0, 0.05) is 4.47 Å². The van der Waals surface area contributed by atoms with E-state index in [1.54, 1.807) is 6.07 Å². The van der Waals surface area contributed by atoms with E-state index in [-0.39, 0.29) is 11.9 Å². The molecule has 0 fully saturated rings. The molecule has 0 bridgehead atoms. The molecule has 104 valence electrons. The maximum atomic E-state index is 13.7. The van der Waals surface area contributed by atoms with Crippen molar-refractivity contribution in [2.75, 3.05) is 5.32 Å². The van der Waals surface area contributed by atoms with Crippen LogP contribution in [0.5, 0.6) is 0 Å². The Hall–Kier alpha value is -0.770. The van der Waals surface area contributed by atoms with Gasteiger partial charge in [-0.15, -0.1) is 0 Å². The minimum absolute atomic E-state index is 0.0652. The third kappa shape index (κ3) is 2.43. The predicted octanol–water partition coefficient (Wildman–Crippen LogP) is 5.99. The largest absolute Gasteiger partial charge is 0.377 e. The average Bonchev–Trinajstić information content (AvgIpc) is 2.84.